The lowest BCUT2D eigenvalue weighted by Crippen LogP contribution is -2.55. The third kappa shape index (κ3) is 4.88. The Morgan fingerprint density at radius 3 is 2.42 bits per heavy atom. The number of carbonyl (C=O) groups is 2. The number of halogens is 4. The zero-order chi connectivity index (χ0) is 28.0. The predicted molar refractivity (Wildman–Crippen MR) is 136 cm³/mol. The first-order valence-corrected chi connectivity index (χ1v) is 12.3. The number of amides is 1. The van der Waals surface area contributed by atoms with E-state index in [0.29, 0.717) is 25.3 Å². The topological polar surface area (TPSA) is 89.3 Å². The molecule has 2 aromatic rings. The van der Waals surface area contributed by atoms with Gasteiger partial charge in [0.05, 0.1) is 23.5 Å². The number of hydrogen-bond acceptors (Lipinski definition) is 6. The SMILES string of the molecule is CC(C)(C)NC(C=O)Cc1ccc(N2C(=S)N(c3cnc(C#N)c(C(F)(F)F)c3)C(=O)C23CCC3)cc1F. The van der Waals surface area contributed by atoms with Gasteiger partial charge < -0.3 is 15.0 Å². The molecule has 1 saturated carbocycles. The van der Waals surface area contributed by atoms with Crippen LogP contribution in [0.3, 0.4) is 0 Å². The molecule has 200 valence electrons. The highest BCUT2D eigenvalue weighted by atomic mass is 32.1. The number of anilines is 2. The average Bonchev–Trinajstić information content (AvgIpc) is 3.04. The minimum absolute atomic E-state index is 0.102. The molecule has 1 aliphatic carbocycles. The van der Waals surface area contributed by atoms with Crippen molar-refractivity contribution in [3.05, 3.63) is 53.1 Å². The molecule has 1 spiro atoms. The van der Waals surface area contributed by atoms with Crippen LogP contribution in [-0.2, 0) is 22.2 Å². The van der Waals surface area contributed by atoms with Crippen molar-refractivity contribution in [3.63, 3.8) is 0 Å². The van der Waals surface area contributed by atoms with E-state index in [1.54, 1.807) is 6.07 Å². The minimum atomic E-state index is -4.87. The van der Waals surface area contributed by atoms with Crippen LogP contribution in [0.15, 0.2) is 30.5 Å². The number of rotatable bonds is 6. The molecule has 1 aromatic carbocycles. The van der Waals surface area contributed by atoms with Crippen molar-refractivity contribution in [2.45, 2.75) is 69.8 Å². The van der Waals surface area contributed by atoms with Crippen molar-refractivity contribution in [2.75, 3.05) is 9.80 Å². The van der Waals surface area contributed by atoms with Crippen LogP contribution < -0.4 is 15.1 Å². The molecule has 2 fully saturated rings. The van der Waals surface area contributed by atoms with Gasteiger partial charge in [0.15, 0.2) is 10.8 Å². The lowest BCUT2D eigenvalue weighted by atomic mass is 9.75. The number of aromatic nitrogens is 1. The lowest BCUT2D eigenvalue weighted by molar-refractivity contribution is -0.138. The van der Waals surface area contributed by atoms with Crippen LogP contribution in [0, 0.1) is 17.1 Å². The van der Waals surface area contributed by atoms with Gasteiger partial charge in [-0.3, -0.25) is 9.69 Å². The van der Waals surface area contributed by atoms with Gasteiger partial charge in [-0.15, -0.1) is 0 Å². The number of nitrogens with zero attached hydrogens (tertiary/aromatic N) is 4. The van der Waals surface area contributed by atoms with E-state index in [9.17, 15) is 22.8 Å². The Labute approximate surface area is 222 Å². The molecule has 1 N–H and O–H groups in total. The lowest BCUT2D eigenvalue weighted by Gasteiger charge is -2.43. The molecule has 1 amide bonds. The second-order valence-corrected chi connectivity index (χ2v) is 10.8. The predicted octanol–water partition coefficient (Wildman–Crippen LogP) is 4.67. The second-order valence-electron chi connectivity index (χ2n) is 10.5. The molecule has 2 heterocycles. The summed E-state index contributed by atoms with van der Waals surface area (Å²) in [6, 6.07) is 5.78. The number of pyridine rings is 1. The van der Waals surface area contributed by atoms with Crippen LogP contribution in [0.4, 0.5) is 28.9 Å². The number of thiocarbonyl (C=S) groups is 1. The van der Waals surface area contributed by atoms with Crippen LogP contribution in [-0.4, -0.2) is 39.4 Å². The molecule has 1 saturated heterocycles. The first kappa shape index (κ1) is 27.6. The van der Waals surface area contributed by atoms with E-state index >= 15 is 4.39 Å². The number of hydrogen-bond donors (Lipinski definition) is 1. The van der Waals surface area contributed by atoms with Crippen molar-refractivity contribution in [1.82, 2.24) is 10.3 Å². The van der Waals surface area contributed by atoms with E-state index in [-0.39, 0.29) is 34.0 Å². The Hall–Kier alpha value is -3.43. The van der Waals surface area contributed by atoms with Gasteiger partial charge >= 0.3 is 6.18 Å². The summed E-state index contributed by atoms with van der Waals surface area (Å²) >= 11 is 5.55. The largest absolute Gasteiger partial charge is 0.419 e. The molecular formula is C26H25F4N5O2S. The quantitative estimate of drug-likeness (QED) is 0.319. The Morgan fingerprint density at radius 1 is 1.24 bits per heavy atom. The zero-order valence-corrected chi connectivity index (χ0v) is 21.7. The molecule has 0 bridgehead atoms. The molecule has 12 heteroatoms. The van der Waals surface area contributed by atoms with E-state index in [4.69, 9.17) is 17.5 Å². The molecular weight excluding hydrogens is 522 g/mol. The normalized spacial score (nSPS) is 17.9. The van der Waals surface area contributed by atoms with Gasteiger partial charge in [-0.25, -0.2) is 9.37 Å². The summed E-state index contributed by atoms with van der Waals surface area (Å²) < 4.78 is 55.9. The monoisotopic (exact) mass is 547 g/mol. The van der Waals surface area contributed by atoms with Crippen LogP contribution >= 0.6 is 12.2 Å². The minimum Gasteiger partial charge on any atom is -0.303 e. The molecule has 7 nitrogen and oxygen atoms in total. The number of nitriles is 1. The zero-order valence-electron chi connectivity index (χ0n) is 20.9. The van der Waals surface area contributed by atoms with Gasteiger partial charge in [0, 0.05) is 11.2 Å². The summed E-state index contributed by atoms with van der Waals surface area (Å²) in [4.78, 5) is 31.2. The molecule has 1 atom stereocenters. The number of alkyl halides is 3. The third-order valence-electron chi connectivity index (χ3n) is 6.65. The molecule has 0 radical (unpaired) electrons. The van der Waals surface area contributed by atoms with E-state index in [1.165, 1.54) is 23.1 Å². The Morgan fingerprint density at radius 2 is 1.92 bits per heavy atom. The van der Waals surface area contributed by atoms with Gasteiger partial charge in [-0.2, -0.15) is 18.4 Å². The maximum absolute atomic E-state index is 15.2. The highest BCUT2D eigenvalue weighted by Crippen LogP contribution is 2.48. The fraction of sp³-hybridized carbons (Fsp3) is 0.423. The molecule has 2 aliphatic rings. The summed E-state index contributed by atoms with van der Waals surface area (Å²) in [6.45, 7) is 5.66. The third-order valence-corrected chi connectivity index (χ3v) is 7.02. The highest BCUT2D eigenvalue weighted by molar-refractivity contribution is 7.81. The fourth-order valence-corrected chi connectivity index (χ4v) is 5.32. The van der Waals surface area contributed by atoms with Crippen LogP contribution in [0.5, 0.6) is 0 Å². The Bertz CT molecular complexity index is 1340. The summed E-state index contributed by atoms with van der Waals surface area (Å²) in [7, 11) is 0. The van der Waals surface area contributed by atoms with E-state index < -0.39 is 40.7 Å². The first-order chi connectivity index (χ1) is 17.7. The summed E-state index contributed by atoms with van der Waals surface area (Å²) in [5.41, 5.74) is -3.29. The average molecular weight is 548 g/mol. The number of benzene rings is 1. The van der Waals surface area contributed by atoms with Gasteiger partial charge in [-0.1, -0.05) is 6.07 Å². The van der Waals surface area contributed by atoms with Gasteiger partial charge in [0.2, 0.25) is 0 Å². The van der Waals surface area contributed by atoms with Gasteiger partial charge in [0.1, 0.15) is 23.7 Å². The molecule has 4 rings (SSSR count). The fourth-order valence-electron chi connectivity index (χ4n) is 4.86. The van der Waals surface area contributed by atoms with Crippen LogP contribution in [0.25, 0.3) is 0 Å². The molecule has 1 aliphatic heterocycles. The van der Waals surface area contributed by atoms with Crippen LogP contribution in [0.2, 0.25) is 0 Å². The van der Waals surface area contributed by atoms with Gasteiger partial charge in [-0.05, 0) is 82.4 Å². The summed E-state index contributed by atoms with van der Waals surface area (Å²) in [5, 5.41) is 12.1. The van der Waals surface area contributed by atoms with Crippen molar-refractivity contribution >= 4 is 40.9 Å². The van der Waals surface area contributed by atoms with E-state index in [2.05, 4.69) is 10.3 Å². The maximum Gasteiger partial charge on any atom is 0.419 e. The van der Waals surface area contributed by atoms with Crippen molar-refractivity contribution in [2.24, 2.45) is 0 Å². The highest BCUT2D eigenvalue weighted by Gasteiger charge is 2.59. The van der Waals surface area contributed by atoms with E-state index in [1.807, 2.05) is 20.8 Å². The Balaban J connectivity index is 1.70. The van der Waals surface area contributed by atoms with E-state index in [0.717, 1.165) is 17.4 Å². The molecule has 38 heavy (non-hydrogen) atoms. The standard InChI is InChI=1S/C26H25F4N5O2S/c1-24(2,3)33-16(14-36)9-15-5-6-17(11-20(15)27)35-23(38)34(22(37)25(35)7-4-8-25)18-10-19(26(28,29)30)21(12-31)32-13-18/h5-6,10-11,13-14,16,33H,4,7-9H2,1-3H3. The Kier molecular flexibility index (Phi) is 7.05. The summed E-state index contributed by atoms with van der Waals surface area (Å²) in [6.07, 6.45) is -1.61. The number of nitrogens with one attached hydrogen (secondary N) is 1. The second kappa shape index (κ2) is 9.71. The maximum atomic E-state index is 15.2. The van der Waals surface area contributed by atoms with Crippen molar-refractivity contribution in [3.8, 4) is 6.07 Å². The number of aldehydes is 1. The number of carbonyl (C=O) groups excluding carboxylic acids is 2. The van der Waals surface area contributed by atoms with Crippen LogP contribution in [0.1, 0.15) is 56.9 Å². The summed E-state index contributed by atoms with van der Waals surface area (Å²) in [5.74, 6) is -1.14. The van der Waals surface area contributed by atoms with Crippen molar-refractivity contribution < 1.29 is 27.2 Å². The first-order valence-electron chi connectivity index (χ1n) is 11.9. The smallest absolute Gasteiger partial charge is 0.303 e. The molecule has 1 aromatic heterocycles. The van der Waals surface area contributed by atoms with Gasteiger partial charge in [0.25, 0.3) is 5.91 Å². The van der Waals surface area contributed by atoms with Crippen molar-refractivity contribution in [1.29, 1.82) is 5.26 Å². The molecule has 1 unspecified atom stereocenters.